The van der Waals surface area contributed by atoms with E-state index in [1.807, 2.05) is 18.2 Å². The minimum absolute atomic E-state index is 0. The van der Waals surface area contributed by atoms with E-state index in [-0.39, 0.29) is 24.4 Å². The molecule has 0 bridgehead atoms. The molecule has 96 valence electrons. The predicted octanol–water partition coefficient (Wildman–Crippen LogP) is 1.68. The van der Waals surface area contributed by atoms with Crippen molar-refractivity contribution in [1.29, 1.82) is 0 Å². The Morgan fingerprint density at radius 1 is 1.44 bits per heavy atom. The van der Waals surface area contributed by atoms with Crippen LogP contribution in [0.25, 0.3) is 10.9 Å². The number of nitrogens with one attached hydrogen (secondary N) is 3. The average Bonchev–Trinajstić information content (AvgIpc) is 2.99. The molecular formula is C12H15ClN4O. The first-order valence-electron chi connectivity index (χ1n) is 5.80. The van der Waals surface area contributed by atoms with E-state index in [9.17, 15) is 4.79 Å². The summed E-state index contributed by atoms with van der Waals surface area (Å²) in [5, 5.41) is 13.9. The highest BCUT2D eigenvalue weighted by Gasteiger charge is 2.21. The summed E-state index contributed by atoms with van der Waals surface area (Å²) in [6.07, 6.45) is 3.73. The van der Waals surface area contributed by atoms with Crippen molar-refractivity contribution >= 4 is 34.9 Å². The van der Waals surface area contributed by atoms with Gasteiger partial charge in [-0.2, -0.15) is 5.10 Å². The van der Waals surface area contributed by atoms with Gasteiger partial charge in [-0.1, -0.05) is 0 Å². The molecule has 1 aromatic carbocycles. The van der Waals surface area contributed by atoms with Gasteiger partial charge in [0, 0.05) is 11.1 Å². The average molecular weight is 267 g/mol. The molecule has 1 fully saturated rings. The SMILES string of the molecule is Cl.O=C(Nc1ccc2[nH]ncc2c1)[C@@H]1CCCN1. The van der Waals surface area contributed by atoms with Crippen LogP contribution in [0.1, 0.15) is 12.8 Å². The fourth-order valence-electron chi connectivity index (χ4n) is 2.16. The van der Waals surface area contributed by atoms with Crippen LogP contribution in [0.3, 0.4) is 0 Å². The molecule has 1 saturated heterocycles. The minimum atomic E-state index is -0.0463. The largest absolute Gasteiger partial charge is 0.325 e. The highest BCUT2D eigenvalue weighted by molar-refractivity contribution is 5.96. The van der Waals surface area contributed by atoms with Crippen LogP contribution in [-0.2, 0) is 4.79 Å². The molecule has 2 aromatic rings. The van der Waals surface area contributed by atoms with Gasteiger partial charge in [0.15, 0.2) is 0 Å². The third kappa shape index (κ3) is 2.47. The van der Waals surface area contributed by atoms with Crippen molar-refractivity contribution in [3.63, 3.8) is 0 Å². The zero-order chi connectivity index (χ0) is 11.7. The molecule has 0 aliphatic carbocycles. The molecule has 0 saturated carbocycles. The third-order valence-corrected chi connectivity index (χ3v) is 3.08. The Morgan fingerprint density at radius 2 is 2.33 bits per heavy atom. The lowest BCUT2D eigenvalue weighted by molar-refractivity contribution is -0.117. The van der Waals surface area contributed by atoms with Crippen LogP contribution in [-0.4, -0.2) is 28.7 Å². The summed E-state index contributed by atoms with van der Waals surface area (Å²) in [6.45, 7) is 0.929. The van der Waals surface area contributed by atoms with Crippen molar-refractivity contribution in [2.24, 2.45) is 0 Å². The van der Waals surface area contributed by atoms with Crippen molar-refractivity contribution in [2.45, 2.75) is 18.9 Å². The van der Waals surface area contributed by atoms with Crippen molar-refractivity contribution in [3.8, 4) is 0 Å². The number of carbonyl (C=O) groups is 1. The van der Waals surface area contributed by atoms with E-state index in [2.05, 4.69) is 20.8 Å². The molecule has 0 radical (unpaired) electrons. The summed E-state index contributed by atoms with van der Waals surface area (Å²) in [7, 11) is 0. The number of fused-ring (bicyclic) bond motifs is 1. The number of amides is 1. The second kappa shape index (κ2) is 5.37. The maximum atomic E-state index is 11.9. The van der Waals surface area contributed by atoms with Crippen LogP contribution >= 0.6 is 12.4 Å². The number of halogens is 1. The molecule has 0 unspecified atom stereocenters. The van der Waals surface area contributed by atoms with Crippen LogP contribution in [0.2, 0.25) is 0 Å². The zero-order valence-electron chi connectivity index (χ0n) is 9.77. The highest BCUT2D eigenvalue weighted by Crippen LogP contribution is 2.17. The zero-order valence-corrected chi connectivity index (χ0v) is 10.6. The van der Waals surface area contributed by atoms with Gasteiger partial charge in [-0.3, -0.25) is 9.89 Å². The number of nitrogens with zero attached hydrogens (tertiary/aromatic N) is 1. The molecule has 3 rings (SSSR count). The Hall–Kier alpha value is -1.59. The summed E-state index contributed by atoms with van der Waals surface area (Å²) in [5.41, 5.74) is 1.79. The number of anilines is 1. The minimum Gasteiger partial charge on any atom is -0.325 e. The lowest BCUT2D eigenvalue weighted by atomic mass is 10.2. The molecule has 2 heterocycles. The molecule has 18 heavy (non-hydrogen) atoms. The van der Waals surface area contributed by atoms with Gasteiger partial charge < -0.3 is 10.6 Å². The number of rotatable bonds is 2. The van der Waals surface area contributed by atoms with Gasteiger partial charge in [0.2, 0.25) is 5.91 Å². The van der Waals surface area contributed by atoms with Gasteiger partial charge in [0.05, 0.1) is 17.8 Å². The molecule has 1 atom stereocenters. The molecule has 1 amide bonds. The van der Waals surface area contributed by atoms with Crippen molar-refractivity contribution in [3.05, 3.63) is 24.4 Å². The summed E-state index contributed by atoms with van der Waals surface area (Å²) in [5.74, 6) is 0.0466. The van der Waals surface area contributed by atoms with E-state index in [1.165, 1.54) is 0 Å². The number of aromatic nitrogens is 2. The number of hydrogen-bond acceptors (Lipinski definition) is 3. The Morgan fingerprint density at radius 3 is 3.11 bits per heavy atom. The highest BCUT2D eigenvalue weighted by atomic mass is 35.5. The van der Waals surface area contributed by atoms with Gasteiger partial charge in [0.25, 0.3) is 0 Å². The Bertz CT molecular complexity index is 548. The van der Waals surface area contributed by atoms with Gasteiger partial charge in [-0.25, -0.2) is 0 Å². The molecule has 0 spiro atoms. The van der Waals surface area contributed by atoms with Crippen LogP contribution in [0.4, 0.5) is 5.69 Å². The standard InChI is InChI=1S/C12H14N4O.ClH/c17-12(11-2-1-5-13-11)15-9-3-4-10-8(6-9)7-14-16-10;/h3-4,6-7,11,13H,1-2,5H2,(H,14,16)(H,15,17);1H/t11-;/m0./s1. The van der Waals surface area contributed by atoms with Crippen LogP contribution in [0.15, 0.2) is 24.4 Å². The van der Waals surface area contributed by atoms with Gasteiger partial charge in [-0.15, -0.1) is 12.4 Å². The van der Waals surface area contributed by atoms with E-state index < -0.39 is 0 Å². The molecule has 1 aliphatic rings. The number of H-pyrrole nitrogens is 1. The molecule has 1 aliphatic heterocycles. The Labute approximate surface area is 111 Å². The smallest absolute Gasteiger partial charge is 0.241 e. The fourth-order valence-corrected chi connectivity index (χ4v) is 2.16. The maximum absolute atomic E-state index is 11.9. The van der Waals surface area contributed by atoms with E-state index >= 15 is 0 Å². The van der Waals surface area contributed by atoms with Crippen LogP contribution in [0, 0.1) is 0 Å². The number of aromatic amines is 1. The number of benzene rings is 1. The summed E-state index contributed by atoms with van der Waals surface area (Å²) >= 11 is 0. The number of carbonyl (C=O) groups excluding carboxylic acids is 1. The summed E-state index contributed by atoms with van der Waals surface area (Å²) in [4.78, 5) is 11.9. The topological polar surface area (TPSA) is 69.8 Å². The molecule has 5 nitrogen and oxygen atoms in total. The van der Waals surface area contributed by atoms with Gasteiger partial charge in [0.1, 0.15) is 0 Å². The Kier molecular flexibility index (Phi) is 3.84. The van der Waals surface area contributed by atoms with Gasteiger partial charge >= 0.3 is 0 Å². The van der Waals surface area contributed by atoms with Crippen molar-refractivity contribution < 1.29 is 4.79 Å². The molecule has 1 aromatic heterocycles. The second-order valence-electron chi connectivity index (χ2n) is 4.31. The van der Waals surface area contributed by atoms with E-state index in [0.29, 0.717) is 0 Å². The van der Waals surface area contributed by atoms with Crippen molar-refractivity contribution in [2.75, 3.05) is 11.9 Å². The first-order chi connectivity index (χ1) is 8.33. The molecule has 6 heteroatoms. The van der Waals surface area contributed by atoms with Crippen molar-refractivity contribution in [1.82, 2.24) is 15.5 Å². The number of hydrogen-bond donors (Lipinski definition) is 3. The first-order valence-corrected chi connectivity index (χ1v) is 5.80. The summed E-state index contributed by atoms with van der Waals surface area (Å²) < 4.78 is 0. The van der Waals surface area contributed by atoms with Gasteiger partial charge in [-0.05, 0) is 37.6 Å². The van der Waals surface area contributed by atoms with Crippen LogP contribution < -0.4 is 10.6 Å². The fraction of sp³-hybridized carbons (Fsp3) is 0.333. The molecule has 3 N–H and O–H groups in total. The third-order valence-electron chi connectivity index (χ3n) is 3.08. The Balaban J connectivity index is 0.00000120. The predicted molar refractivity (Wildman–Crippen MR) is 73.0 cm³/mol. The van der Waals surface area contributed by atoms with E-state index in [4.69, 9.17) is 0 Å². The van der Waals surface area contributed by atoms with E-state index in [1.54, 1.807) is 6.20 Å². The maximum Gasteiger partial charge on any atom is 0.241 e. The van der Waals surface area contributed by atoms with E-state index in [0.717, 1.165) is 36.0 Å². The normalized spacial score (nSPS) is 18.6. The first kappa shape index (κ1) is 12.9. The van der Waals surface area contributed by atoms with Crippen LogP contribution in [0.5, 0.6) is 0 Å². The lowest BCUT2D eigenvalue weighted by Gasteiger charge is -2.10. The second-order valence-corrected chi connectivity index (χ2v) is 4.31. The quantitative estimate of drug-likeness (QED) is 0.775. The summed E-state index contributed by atoms with van der Waals surface area (Å²) in [6, 6.07) is 5.68. The monoisotopic (exact) mass is 266 g/mol. The lowest BCUT2D eigenvalue weighted by Crippen LogP contribution is -2.35. The molecular weight excluding hydrogens is 252 g/mol.